The number of imide groups is 1. The Hall–Kier alpha value is -4.53. The average Bonchev–Trinajstić information content (AvgIpc) is 3.63. The first-order chi connectivity index (χ1) is 17.1. The molecule has 0 aliphatic carbocycles. The number of rotatable bonds is 7. The molecule has 1 aliphatic rings. The van der Waals surface area contributed by atoms with Gasteiger partial charge in [-0.1, -0.05) is 18.2 Å². The van der Waals surface area contributed by atoms with Crippen LogP contribution in [-0.2, 0) is 29.7 Å². The summed E-state index contributed by atoms with van der Waals surface area (Å²) < 4.78 is 5.84. The van der Waals surface area contributed by atoms with Crippen LogP contribution in [0.3, 0.4) is 0 Å². The second kappa shape index (κ2) is 8.35. The minimum absolute atomic E-state index is 0.293. The van der Waals surface area contributed by atoms with Crippen LogP contribution in [0, 0.1) is 0 Å². The van der Waals surface area contributed by atoms with Crippen molar-refractivity contribution in [3.05, 3.63) is 78.8 Å². The third-order valence-corrected chi connectivity index (χ3v) is 6.44. The molecule has 9 heteroatoms. The fourth-order valence-electron chi connectivity index (χ4n) is 4.80. The molecule has 0 atom stereocenters. The first-order valence-corrected chi connectivity index (χ1v) is 11.5. The summed E-state index contributed by atoms with van der Waals surface area (Å²) in [6.07, 6.45) is 11.0. The van der Waals surface area contributed by atoms with Crippen LogP contribution >= 0.6 is 0 Å². The van der Waals surface area contributed by atoms with Crippen molar-refractivity contribution in [3.63, 3.8) is 0 Å². The van der Waals surface area contributed by atoms with Gasteiger partial charge >= 0.3 is 0 Å². The van der Waals surface area contributed by atoms with Crippen molar-refractivity contribution < 1.29 is 9.59 Å². The molecule has 35 heavy (non-hydrogen) atoms. The van der Waals surface area contributed by atoms with Crippen LogP contribution in [0.4, 0.5) is 0 Å². The number of fused-ring (bicyclic) bond motifs is 2. The van der Waals surface area contributed by atoms with Gasteiger partial charge in [-0.05, 0) is 31.0 Å². The van der Waals surface area contributed by atoms with Gasteiger partial charge in [-0.25, -0.2) is 14.6 Å². The van der Waals surface area contributed by atoms with Crippen molar-refractivity contribution in [2.45, 2.75) is 25.9 Å². The molecule has 5 aromatic rings. The Bertz CT molecular complexity index is 1620. The van der Waals surface area contributed by atoms with Crippen molar-refractivity contribution in [2.24, 2.45) is 7.05 Å². The molecule has 0 saturated carbocycles. The number of benzene rings is 1. The fraction of sp³-hybridized carbons (Fsp3) is 0.192. The van der Waals surface area contributed by atoms with E-state index in [0.29, 0.717) is 34.6 Å². The highest BCUT2D eigenvalue weighted by Gasteiger charge is 2.36. The maximum atomic E-state index is 13.1. The van der Waals surface area contributed by atoms with Gasteiger partial charge in [-0.15, -0.1) is 0 Å². The summed E-state index contributed by atoms with van der Waals surface area (Å²) in [7, 11) is 1.93. The van der Waals surface area contributed by atoms with Crippen LogP contribution in [0.1, 0.15) is 24.1 Å². The van der Waals surface area contributed by atoms with Crippen molar-refractivity contribution in [3.8, 4) is 0 Å². The number of amides is 2. The number of carbonyl (C=O) groups excluding carboxylic acids is 2. The van der Waals surface area contributed by atoms with Gasteiger partial charge in [0.2, 0.25) is 0 Å². The smallest absolute Gasteiger partial charge is 0.261 e. The van der Waals surface area contributed by atoms with E-state index in [1.807, 2.05) is 69.7 Å². The zero-order valence-electron chi connectivity index (χ0n) is 19.2. The summed E-state index contributed by atoms with van der Waals surface area (Å²) in [5.41, 5.74) is 3.52. The van der Waals surface area contributed by atoms with Gasteiger partial charge in [0.1, 0.15) is 5.69 Å². The van der Waals surface area contributed by atoms with Crippen molar-refractivity contribution in [1.82, 2.24) is 34.2 Å². The molecule has 0 radical (unpaired) electrons. The Morgan fingerprint density at radius 3 is 2.57 bits per heavy atom. The van der Waals surface area contributed by atoms with Gasteiger partial charge in [-0.3, -0.25) is 14.9 Å². The average molecular weight is 466 g/mol. The molecular weight excluding hydrogens is 442 g/mol. The van der Waals surface area contributed by atoms with E-state index in [-0.39, 0.29) is 0 Å². The zero-order chi connectivity index (χ0) is 23.9. The van der Waals surface area contributed by atoms with Crippen LogP contribution in [-0.4, -0.2) is 40.7 Å². The van der Waals surface area contributed by atoms with Crippen LogP contribution in [0.5, 0.6) is 0 Å². The standard InChI is InChI=1S/C26H23N7O2/c1-31-15-19(17-7-2-3-9-20(17)31)21-22(26(35)29-25(21)34)23-18-8-6-10-28-24(18)33(30-23)13-5-4-12-32-14-11-27-16-32/h2-3,6-11,14-16H,4-5,12-13H2,1H3,(H,29,34,35). The molecule has 4 aromatic heterocycles. The Kier molecular flexibility index (Phi) is 5.02. The summed E-state index contributed by atoms with van der Waals surface area (Å²) in [6, 6.07) is 11.6. The number of hydrogen-bond acceptors (Lipinski definition) is 5. The largest absolute Gasteiger partial charge is 0.350 e. The Morgan fingerprint density at radius 1 is 0.914 bits per heavy atom. The van der Waals surface area contributed by atoms with Crippen molar-refractivity contribution in [1.29, 1.82) is 0 Å². The van der Waals surface area contributed by atoms with Gasteiger partial charge in [0.15, 0.2) is 5.65 Å². The van der Waals surface area contributed by atoms with Gasteiger partial charge in [0, 0.05) is 66.8 Å². The predicted molar refractivity (Wildman–Crippen MR) is 132 cm³/mol. The maximum Gasteiger partial charge on any atom is 0.261 e. The van der Waals surface area contributed by atoms with Crippen LogP contribution < -0.4 is 5.32 Å². The van der Waals surface area contributed by atoms with Gasteiger partial charge < -0.3 is 9.13 Å². The minimum atomic E-state index is -0.437. The number of aromatic nitrogens is 6. The SMILES string of the molecule is Cn1cc(C2=C(c3nn(CCCCn4ccnc4)c4ncccc34)C(=O)NC2=O)c2ccccc21. The molecule has 1 N–H and O–H groups in total. The molecule has 174 valence electrons. The van der Waals surface area contributed by atoms with E-state index in [1.54, 1.807) is 18.7 Å². The Balaban J connectivity index is 1.43. The number of carbonyl (C=O) groups is 2. The van der Waals surface area contributed by atoms with Gasteiger partial charge in [0.25, 0.3) is 11.8 Å². The topological polar surface area (TPSA) is 99.6 Å². The van der Waals surface area contributed by atoms with E-state index in [4.69, 9.17) is 5.10 Å². The third-order valence-electron chi connectivity index (χ3n) is 6.44. The van der Waals surface area contributed by atoms with E-state index < -0.39 is 11.8 Å². The normalized spacial score (nSPS) is 14.0. The Labute approximate surface area is 200 Å². The summed E-state index contributed by atoms with van der Waals surface area (Å²) in [4.78, 5) is 34.7. The molecule has 2 amide bonds. The molecule has 5 heterocycles. The highest BCUT2D eigenvalue weighted by molar-refractivity contribution is 6.50. The number of imidazole rings is 1. The highest BCUT2D eigenvalue weighted by Crippen LogP contribution is 2.37. The number of hydrogen-bond donors (Lipinski definition) is 1. The predicted octanol–water partition coefficient (Wildman–Crippen LogP) is 3.17. The lowest BCUT2D eigenvalue weighted by Gasteiger charge is -2.04. The van der Waals surface area contributed by atoms with Gasteiger partial charge in [-0.2, -0.15) is 5.10 Å². The van der Waals surface area contributed by atoms with Gasteiger partial charge in [0.05, 0.1) is 17.5 Å². The monoisotopic (exact) mass is 465 g/mol. The quantitative estimate of drug-likeness (QED) is 0.294. The molecule has 0 unspecified atom stereocenters. The molecule has 1 aliphatic heterocycles. The summed E-state index contributed by atoms with van der Waals surface area (Å²) in [6.45, 7) is 1.52. The summed E-state index contributed by atoms with van der Waals surface area (Å²) in [5, 5.41) is 8.96. The molecule has 6 rings (SSSR count). The van der Waals surface area contributed by atoms with Crippen LogP contribution in [0.25, 0.3) is 33.1 Å². The number of para-hydroxylation sites is 1. The lowest BCUT2D eigenvalue weighted by atomic mass is 9.98. The van der Waals surface area contributed by atoms with Crippen LogP contribution in [0.15, 0.2) is 67.5 Å². The van der Waals surface area contributed by atoms with E-state index in [9.17, 15) is 9.59 Å². The van der Waals surface area contributed by atoms with E-state index >= 15 is 0 Å². The number of aryl methyl sites for hydroxylation is 3. The van der Waals surface area contributed by atoms with E-state index in [2.05, 4.69) is 15.3 Å². The summed E-state index contributed by atoms with van der Waals surface area (Å²) >= 11 is 0. The number of pyridine rings is 1. The third kappa shape index (κ3) is 3.52. The lowest BCUT2D eigenvalue weighted by Crippen LogP contribution is -2.22. The second-order valence-corrected chi connectivity index (χ2v) is 8.66. The molecule has 1 aromatic carbocycles. The van der Waals surface area contributed by atoms with E-state index in [0.717, 1.165) is 35.7 Å². The number of nitrogens with one attached hydrogen (secondary N) is 1. The Morgan fingerprint density at radius 2 is 1.71 bits per heavy atom. The molecule has 0 spiro atoms. The van der Waals surface area contributed by atoms with E-state index in [1.165, 1.54) is 0 Å². The molecular formula is C26H23N7O2. The van der Waals surface area contributed by atoms with Crippen molar-refractivity contribution in [2.75, 3.05) is 0 Å². The zero-order valence-corrected chi connectivity index (χ0v) is 19.2. The minimum Gasteiger partial charge on any atom is -0.350 e. The maximum absolute atomic E-state index is 13.1. The molecule has 0 fully saturated rings. The highest BCUT2D eigenvalue weighted by atomic mass is 16.2. The molecule has 9 nitrogen and oxygen atoms in total. The number of nitrogens with zero attached hydrogens (tertiary/aromatic N) is 6. The first-order valence-electron chi connectivity index (χ1n) is 11.5. The van der Waals surface area contributed by atoms with Crippen LogP contribution in [0.2, 0.25) is 0 Å². The second-order valence-electron chi connectivity index (χ2n) is 8.66. The first kappa shape index (κ1) is 21.0. The number of unbranched alkanes of at least 4 members (excludes halogenated alkanes) is 1. The molecule has 0 saturated heterocycles. The van der Waals surface area contributed by atoms with Crippen molar-refractivity contribution >= 4 is 44.9 Å². The molecule has 0 bridgehead atoms. The summed E-state index contributed by atoms with van der Waals surface area (Å²) in [5.74, 6) is -0.846. The fourth-order valence-corrected chi connectivity index (χ4v) is 4.80. The lowest BCUT2D eigenvalue weighted by molar-refractivity contribution is -0.122.